The van der Waals surface area contributed by atoms with Crippen LogP contribution in [-0.4, -0.2) is 72.0 Å². The topological polar surface area (TPSA) is 99.1 Å². The molecule has 28 heavy (non-hydrogen) atoms. The molecule has 2 amide bonds. The summed E-state index contributed by atoms with van der Waals surface area (Å²) in [5, 5.41) is 22.3. The maximum absolute atomic E-state index is 12.8. The fraction of sp³-hybridized carbons (Fsp3) is 0.619. The quantitative estimate of drug-likeness (QED) is 0.502. The summed E-state index contributed by atoms with van der Waals surface area (Å²) in [6.07, 6.45) is -0.475. The lowest BCUT2D eigenvalue weighted by Gasteiger charge is -2.22. The van der Waals surface area contributed by atoms with Gasteiger partial charge >= 0.3 is 0 Å². The summed E-state index contributed by atoms with van der Waals surface area (Å²) in [6.45, 7) is 9.34. The Balaban J connectivity index is 2.83. The molecule has 0 aliphatic carbocycles. The zero-order valence-electron chi connectivity index (χ0n) is 17.4. The van der Waals surface area contributed by atoms with E-state index in [1.165, 1.54) is 0 Å². The molecule has 0 fully saturated rings. The molecule has 1 aromatic carbocycles. The number of aliphatic hydroxyl groups excluding tert-OH is 2. The predicted molar refractivity (Wildman–Crippen MR) is 109 cm³/mol. The molecule has 2 atom stereocenters. The molecule has 0 bridgehead atoms. The van der Waals surface area contributed by atoms with Crippen molar-refractivity contribution in [1.29, 1.82) is 0 Å². The molecule has 0 aliphatic rings. The third kappa shape index (κ3) is 7.58. The first-order chi connectivity index (χ1) is 13.3. The maximum atomic E-state index is 12.8. The van der Waals surface area contributed by atoms with Crippen LogP contribution in [0, 0.1) is 6.92 Å². The molecule has 0 radical (unpaired) electrons. The lowest BCUT2D eigenvalue weighted by atomic mass is 10.0. The average molecular weight is 395 g/mol. The van der Waals surface area contributed by atoms with Crippen LogP contribution in [-0.2, 0) is 4.74 Å². The van der Waals surface area contributed by atoms with E-state index in [9.17, 15) is 19.8 Å². The van der Waals surface area contributed by atoms with Crippen LogP contribution in [0.25, 0.3) is 0 Å². The van der Waals surface area contributed by atoms with Crippen LogP contribution in [0.2, 0.25) is 0 Å². The third-order valence-electron chi connectivity index (χ3n) is 4.27. The van der Waals surface area contributed by atoms with Gasteiger partial charge in [-0.3, -0.25) is 9.59 Å². The monoisotopic (exact) mass is 394 g/mol. The van der Waals surface area contributed by atoms with Gasteiger partial charge in [0, 0.05) is 37.4 Å². The molecule has 7 heteroatoms. The SMILES string of the molecule is CCCN(CCC)C(=O)c1cc(C)cc(C(=O)NCC(O)C(O)COCC)c1. The Hall–Kier alpha value is -1.96. The van der Waals surface area contributed by atoms with E-state index >= 15 is 0 Å². The predicted octanol–water partition coefficient (Wildman–Crippen LogP) is 1.75. The lowest BCUT2D eigenvalue weighted by Crippen LogP contribution is -2.41. The number of ether oxygens (including phenoxy) is 1. The van der Waals surface area contributed by atoms with Crippen molar-refractivity contribution in [1.82, 2.24) is 10.2 Å². The van der Waals surface area contributed by atoms with Crippen molar-refractivity contribution in [2.45, 2.75) is 52.7 Å². The van der Waals surface area contributed by atoms with E-state index < -0.39 is 18.1 Å². The second kappa shape index (κ2) is 12.5. The van der Waals surface area contributed by atoms with Crippen molar-refractivity contribution in [3.8, 4) is 0 Å². The Bertz CT molecular complexity index is 629. The summed E-state index contributed by atoms with van der Waals surface area (Å²) in [5.41, 5.74) is 1.63. The summed E-state index contributed by atoms with van der Waals surface area (Å²) >= 11 is 0. The molecular weight excluding hydrogens is 360 g/mol. The van der Waals surface area contributed by atoms with Crippen LogP contribution >= 0.6 is 0 Å². The number of aryl methyl sites for hydroxylation is 1. The number of nitrogens with one attached hydrogen (secondary N) is 1. The normalized spacial score (nSPS) is 13.1. The molecule has 0 saturated heterocycles. The molecule has 1 rings (SSSR count). The molecular formula is C21H34N2O5. The highest BCUT2D eigenvalue weighted by Gasteiger charge is 2.20. The molecule has 0 aliphatic heterocycles. The van der Waals surface area contributed by atoms with E-state index in [1.807, 2.05) is 20.8 Å². The Morgan fingerprint density at radius 3 is 2.21 bits per heavy atom. The number of aliphatic hydroxyl groups is 2. The molecule has 7 nitrogen and oxygen atoms in total. The number of carbonyl (C=O) groups excluding carboxylic acids is 2. The number of nitrogens with zero attached hydrogens (tertiary/aromatic N) is 1. The van der Waals surface area contributed by atoms with Gasteiger partial charge < -0.3 is 25.2 Å². The number of benzene rings is 1. The highest BCUT2D eigenvalue weighted by Crippen LogP contribution is 2.13. The van der Waals surface area contributed by atoms with E-state index in [2.05, 4.69) is 5.32 Å². The van der Waals surface area contributed by atoms with Gasteiger partial charge in [0.2, 0.25) is 0 Å². The van der Waals surface area contributed by atoms with E-state index in [1.54, 1.807) is 30.0 Å². The Kier molecular flexibility index (Phi) is 10.7. The minimum absolute atomic E-state index is 0.00131. The first-order valence-electron chi connectivity index (χ1n) is 9.96. The molecule has 158 valence electrons. The Labute approximate surface area is 167 Å². The van der Waals surface area contributed by atoms with Gasteiger partial charge in [-0.05, 0) is 50.5 Å². The third-order valence-corrected chi connectivity index (χ3v) is 4.27. The first kappa shape index (κ1) is 24.1. The fourth-order valence-electron chi connectivity index (χ4n) is 2.86. The molecule has 1 aromatic rings. The number of hydrogen-bond donors (Lipinski definition) is 3. The maximum Gasteiger partial charge on any atom is 0.253 e. The van der Waals surface area contributed by atoms with Crippen LogP contribution in [0.3, 0.4) is 0 Å². The summed E-state index contributed by atoms with van der Waals surface area (Å²) in [6, 6.07) is 5.04. The van der Waals surface area contributed by atoms with Gasteiger partial charge in [0.05, 0.1) is 12.7 Å². The van der Waals surface area contributed by atoms with Gasteiger partial charge in [0.25, 0.3) is 11.8 Å². The molecule has 3 N–H and O–H groups in total. The first-order valence-corrected chi connectivity index (χ1v) is 9.96. The zero-order valence-corrected chi connectivity index (χ0v) is 17.4. The van der Waals surface area contributed by atoms with Gasteiger partial charge in [-0.1, -0.05) is 13.8 Å². The summed E-state index contributed by atoms with van der Waals surface area (Å²) < 4.78 is 5.06. The molecule has 0 saturated carbocycles. The second-order valence-electron chi connectivity index (χ2n) is 6.88. The summed E-state index contributed by atoms with van der Waals surface area (Å²) in [5.74, 6) is -0.494. The highest BCUT2D eigenvalue weighted by atomic mass is 16.5. The van der Waals surface area contributed by atoms with Crippen LogP contribution in [0.4, 0.5) is 0 Å². The van der Waals surface area contributed by atoms with Crippen molar-refractivity contribution >= 4 is 11.8 Å². The van der Waals surface area contributed by atoms with Crippen molar-refractivity contribution in [3.05, 3.63) is 34.9 Å². The minimum atomic E-state index is -1.13. The van der Waals surface area contributed by atoms with Crippen molar-refractivity contribution in [2.24, 2.45) is 0 Å². The average Bonchev–Trinajstić information content (AvgIpc) is 2.68. The summed E-state index contributed by atoms with van der Waals surface area (Å²) in [4.78, 5) is 27.1. The number of rotatable bonds is 12. The van der Waals surface area contributed by atoms with E-state index in [0.29, 0.717) is 30.8 Å². The minimum Gasteiger partial charge on any atom is -0.388 e. The van der Waals surface area contributed by atoms with Gasteiger partial charge in [-0.2, -0.15) is 0 Å². The van der Waals surface area contributed by atoms with Crippen LogP contribution < -0.4 is 5.32 Å². The number of carbonyl (C=O) groups is 2. The van der Waals surface area contributed by atoms with Crippen LogP contribution in [0.1, 0.15) is 59.9 Å². The lowest BCUT2D eigenvalue weighted by molar-refractivity contribution is -0.0337. The van der Waals surface area contributed by atoms with E-state index in [0.717, 1.165) is 18.4 Å². The van der Waals surface area contributed by atoms with Crippen molar-refractivity contribution in [2.75, 3.05) is 32.8 Å². The zero-order chi connectivity index (χ0) is 21.1. The number of hydrogen-bond acceptors (Lipinski definition) is 5. The Morgan fingerprint density at radius 1 is 1.04 bits per heavy atom. The fourth-order valence-corrected chi connectivity index (χ4v) is 2.86. The largest absolute Gasteiger partial charge is 0.388 e. The van der Waals surface area contributed by atoms with E-state index in [4.69, 9.17) is 4.74 Å². The Morgan fingerprint density at radius 2 is 1.64 bits per heavy atom. The van der Waals surface area contributed by atoms with Crippen LogP contribution in [0.15, 0.2) is 18.2 Å². The van der Waals surface area contributed by atoms with E-state index in [-0.39, 0.29) is 19.1 Å². The molecule has 2 unspecified atom stereocenters. The smallest absolute Gasteiger partial charge is 0.253 e. The van der Waals surface area contributed by atoms with Crippen molar-refractivity contribution in [3.63, 3.8) is 0 Å². The highest BCUT2D eigenvalue weighted by molar-refractivity contribution is 6.00. The van der Waals surface area contributed by atoms with Gasteiger partial charge in [-0.25, -0.2) is 0 Å². The second-order valence-corrected chi connectivity index (χ2v) is 6.88. The van der Waals surface area contributed by atoms with Gasteiger partial charge in [0.15, 0.2) is 0 Å². The molecule has 0 aromatic heterocycles. The number of amides is 2. The molecule has 0 heterocycles. The standard InChI is InChI=1S/C21H34N2O5/c1-5-8-23(9-6-2)21(27)17-11-15(4)10-16(12-17)20(26)22-13-18(24)19(25)14-28-7-3/h10-12,18-19,24-25H,5-9,13-14H2,1-4H3,(H,22,26). The van der Waals surface area contributed by atoms with Crippen LogP contribution in [0.5, 0.6) is 0 Å². The van der Waals surface area contributed by atoms with Gasteiger partial charge in [0.1, 0.15) is 6.10 Å². The van der Waals surface area contributed by atoms with Crippen molar-refractivity contribution < 1.29 is 24.5 Å². The van der Waals surface area contributed by atoms with Gasteiger partial charge in [-0.15, -0.1) is 0 Å². The molecule has 0 spiro atoms. The summed E-state index contributed by atoms with van der Waals surface area (Å²) in [7, 11) is 0.